The minimum absolute atomic E-state index is 0.106. The van der Waals surface area contributed by atoms with Crippen LogP contribution in [0.25, 0.3) is 0 Å². The number of likely N-dealkylation sites (tertiary alicyclic amines) is 1. The Hall–Kier alpha value is -0.710. The zero-order valence-corrected chi connectivity index (χ0v) is 24.9. The topological polar surface area (TPSA) is 32.8 Å². The molecule has 208 valence electrons. The molecule has 10 atom stereocenters. The molecule has 0 aromatic carbocycles. The van der Waals surface area contributed by atoms with Crippen molar-refractivity contribution in [1.82, 2.24) is 9.80 Å². The zero-order chi connectivity index (χ0) is 26.4. The van der Waals surface area contributed by atoms with Gasteiger partial charge in [0.2, 0.25) is 0 Å². The normalized spacial score (nSPS) is 51.9. The number of carbonyl (C=O) groups excluding carboxylic acids is 1. The van der Waals surface area contributed by atoms with Crippen molar-refractivity contribution >= 4 is 5.78 Å². The number of ketones is 1. The Morgan fingerprint density at radius 1 is 1.08 bits per heavy atom. The molecule has 0 amide bonds. The van der Waals surface area contributed by atoms with E-state index < -0.39 is 0 Å². The molecule has 4 heteroatoms. The molecule has 0 aromatic rings. The number of rotatable bonds is 3. The molecule has 7 rings (SSSR count). The van der Waals surface area contributed by atoms with Gasteiger partial charge in [-0.1, -0.05) is 40.2 Å². The van der Waals surface area contributed by atoms with Crippen LogP contribution in [-0.4, -0.2) is 67.1 Å². The molecule has 7 aliphatic rings. The van der Waals surface area contributed by atoms with Crippen LogP contribution in [0.2, 0.25) is 0 Å². The van der Waals surface area contributed by atoms with Gasteiger partial charge in [0.1, 0.15) is 0 Å². The number of likely N-dealkylation sites (N-methyl/N-ethyl adjacent to an activating group) is 1. The van der Waals surface area contributed by atoms with Crippen LogP contribution in [-0.2, 0) is 9.53 Å². The van der Waals surface area contributed by atoms with Gasteiger partial charge >= 0.3 is 0 Å². The first kappa shape index (κ1) is 26.5. The van der Waals surface area contributed by atoms with Crippen LogP contribution in [0.3, 0.4) is 0 Å². The SMILES string of the molecule is CC.CC1CC2OC3(CCC4C5CCC6=CC(=O)CCC6(C)C5CC45CC35C)CC2N(CCN(C)C)C1. The largest absolute Gasteiger partial charge is 0.369 e. The molecule has 10 unspecified atom stereocenters. The average Bonchev–Trinajstić information content (AvgIpc) is 3.15. The van der Waals surface area contributed by atoms with Gasteiger partial charge in [-0.15, -0.1) is 0 Å². The summed E-state index contributed by atoms with van der Waals surface area (Å²) in [5, 5.41) is 0. The fourth-order valence-electron chi connectivity index (χ4n) is 11.3. The van der Waals surface area contributed by atoms with Crippen molar-refractivity contribution in [3.63, 3.8) is 0 Å². The summed E-state index contributed by atoms with van der Waals surface area (Å²) in [6.07, 6.45) is 14.9. The Kier molecular flexibility index (Phi) is 6.37. The Balaban J connectivity index is 0.00000123. The molecule has 37 heavy (non-hydrogen) atoms. The number of carbonyl (C=O) groups is 1. The monoisotopic (exact) mass is 510 g/mol. The molecule has 4 saturated carbocycles. The van der Waals surface area contributed by atoms with Gasteiger partial charge in [0.05, 0.1) is 11.7 Å². The highest BCUT2D eigenvalue weighted by Gasteiger charge is 2.83. The molecule has 2 aliphatic heterocycles. The second kappa shape index (κ2) is 8.90. The van der Waals surface area contributed by atoms with E-state index in [2.05, 4.69) is 50.7 Å². The van der Waals surface area contributed by atoms with Crippen LogP contribution in [0.1, 0.15) is 98.8 Å². The molecule has 0 bridgehead atoms. The zero-order valence-electron chi connectivity index (χ0n) is 24.9. The lowest BCUT2D eigenvalue weighted by molar-refractivity contribution is -0.137. The van der Waals surface area contributed by atoms with Crippen molar-refractivity contribution in [2.75, 3.05) is 33.7 Å². The maximum absolute atomic E-state index is 12.3. The Bertz CT molecular complexity index is 960. The van der Waals surface area contributed by atoms with Gasteiger partial charge < -0.3 is 9.64 Å². The number of nitrogens with zero attached hydrogens (tertiary/aromatic N) is 2. The molecule has 2 heterocycles. The fourth-order valence-corrected chi connectivity index (χ4v) is 11.3. The van der Waals surface area contributed by atoms with Gasteiger partial charge in [0, 0.05) is 37.5 Å². The first-order valence-electron chi connectivity index (χ1n) is 15.9. The summed E-state index contributed by atoms with van der Waals surface area (Å²) in [4.78, 5) is 17.4. The summed E-state index contributed by atoms with van der Waals surface area (Å²) in [5.74, 6) is 3.69. The first-order valence-corrected chi connectivity index (χ1v) is 15.9. The highest BCUT2D eigenvalue weighted by Crippen LogP contribution is 2.86. The van der Waals surface area contributed by atoms with E-state index in [-0.39, 0.29) is 11.0 Å². The van der Waals surface area contributed by atoms with Crippen LogP contribution in [0.4, 0.5) is 0 Å². The van der Waals surface area contributed by atoms with Gasteiger partial charge in [-0.2, -0.15) is 0 Å². The summed E-state index contributed by atoms with van der Waals surface area (Å²) in [6.45, 7) is 15.2. The predicted molar refractivity (Wildman–Crippen MR) is 150 cm³/mol. The highest BCUT2D eigenvalue weighted by atomic mass is 16.5. The second-order valence-electron chi connectivity index (χ2n) is 14.9. The fraction of sp³-hybridized carbons (Fsp3) is 0.909. The predicted octanol–water partition coefficient (Wildman–Crippen LogP) is 6.34. The molecule has 4 nitrogen and oxygen atoms in total. The van der Waals surface area contributed by atoms with Gasteiger partial charge in [-0.3, -0.25) is 9.69 Å². The van der Waals surface area contributed by atoms with E-state index in [0.717, 1.165) is 43.1 Å². The number of hydrogen-bond donors (Lipinski definition) is 0. The first-order chi connectivity index (χ1) is 17.6. The molecular formula is C33H54N2O2. The maximum Gasteiger partial charge on any atom is 0.155 e. The lowest BCUT2D eigenvalue weighted by Crippen LogP contribution is -2.50. The van der Waals surface area contributed by atoms with Crippen molar-refractivity contribution in [1.29, 1.82) is 0 Å². The second-order valence-corrected chi connectivity index (χ2v) is 14.9. The smallest absolute Gasteiger partial charge is 0.155 e. The summed E-state index contributed by atoms with van der Waals surface area (Å²) >= 11 is 0. The van der Waals surface area contributed by atoms with Crippen LogP contribution >= 0.6 is 0 Å². The molecule has 0 aromatic heterocycles. The van der Waals surface area contributed by atoms with Crippen molar-refractivity contribution < 1.29 is 9.53 Å². The van der Waals surface area contributed by atoms with Crippen LogP contribution < -0.4 is 0 Å². The Labute approximate surface area is 226 Å². The molecule has 0 N–H and O–H groups in total. The molecule has 5 aliphatic carbocycles. The molecule has 0 radical (unpaired) electrons. The van der Waals surface area contributed by atoms with Gasteiger partial charge in [0.25, 0.3) is 0 Å². The lowest BCUT2D eigenvalue weighted by atomic mass is 9.56. The minimum Gasteiger partial charge on any atom is -0.369 e. The molecule has 2 saturated heterocycles. The van der Waals surface area contributed by atoms with E-state index >= 15 is 0 Å². The molecular weight excluding hydrogens is 456 g/mol. The highest BCUT2D eigenvalue weighted by molar-refractivity contribution is 5.91. The van der Waals surface area contributed by atoms with Crippen LogP contribution in [0.15, 0.2) is 11.6 Å². The van der Waals surface area contributed by atoms with E-state index in [1.807, 2.05) is 13.8 Å². The van der Waals surface area contributed by atoms with E-state index in [1.165, 1.54) is 70.0 Å². The van der Waals surface area contributed by atoms with Crippen molar-refractivity contribution in [2.24, 2.45) is 39.9 Å². The van der Waals surface area contributed by atoms with Crippen molar-refractivity contribution in [3.8, 4) is 0 Å². The van der Waals surface area contributed by atoms with Gasteiger partial charge in [0.15, 0.2) is 5.78 Å². The van der Waals surface area contributed by atoms with E-state index in [4.69, 9.17) is 4.74 Å². The van der Waals surface area contributed by atoms with E-state index in [1.54, 1.807) is 0 Å². The van der Waals surface area contributed by atoms with E-state index in [9.17, 15) is 4.79 Å². The summed E-state index contributed by atoms with van der Waals surface area (Å²) < 4.78 is 7.35. The number of hydrogen-bond acceptors (Lipinski definition) is 4. The summed E-state index contributed by atoms with van der Waals surface area (Å²) in [6, 6.07) is 0.622. The third-order valence-electron chi connectivity index (χ3n) is 13.2. The van der Waals surface area contributed by atoms with Gasteiger partial charge in [-0.05, 0) is 112 Å². The van der Waals surface area contributed by atoms with Crippen molar-refractivity contribution in [2.45, 2.75) is 117 Å². The molecule has 2 spiro atoms. The average molecular weight is 511 g/mol. The summed E-state index contributed by atoms with van der Waals surface area (Å²) in [7, 11) is 4.41. The Morgan fingerprint density at radius 2 is 1.86 bits per heavy atom. The van der Waals surface area contributed by atoms with Crippen LogP contribution in [0, 0.1) is 39.9 Å². The van der Waals surface area contributed by atoms with E-state index in [0.29, 0.717) is 28.8 Å². The number of allylic oxidation sites excluding steroid dienone is 2. The lowest BCUT2D eigenvalue weighted by Gasteiger charge is -2.49. The van der Waals surface area contributed by atoms with Crippen molar-refractivity contribution in [3.05, 3.63) is 11.6 Å². The third kappa shape index (κ3) is 3.60. The number of piperidine rings is 1. The number of fused-ring (bicyclic) bond motifs is 6. The van der Waals surface area contributed by atoms with Crippen LogP contribution in [0.5, 0.6) is 0 Å². The Morgan fingerprint density at radius 3 is 2.62 bits per heavy atom. The number of ether oxygens (including phenoxy) is 1. The molecule has 6 fully saturated rings. The third-order valence-corrected chi connectivity index (χ3v) is 13.2. The standard InChI is InChI=1S/C31H48N2O2.C2H6/c1-20-14-27-26(33(18-20)13-12-32(4)5)17-31(35-27)11-9-24-23-7-6-21-15-22(34)8-10-28(21,2)25(23)16-30(24)19-29(30,31)3;1-2/h15,20,23-27H,6-14,16-19H2,1-5H3;1-2H3. The quantitative estimate of drug-likeness (QED) is 0.443. The maximum atomic E-state index is 12.3. The minimum atomic E-state index is 0.106. The summed E-state index contributed by atoms with van der Waals surface area (Å²) in [5.41, 5.74) is 2.76. The van der Waals surface area contributed by atoms with Gasteiger partial charge in [-0.25, -0.2) is 0 Å².